The third-order valence-corrected chi connectivity index (χ3v) is 4.97. The van der Waals surface area contributed by atoms with Crippen molar-refractivity contribution in [2.24, 2.45) is 5.92 Å². The number of benzene rings is 1. The maximum absolute atomic E-state index is 5.52. The molecule has 112 valence electrons. The number of nitrogens with zero attached hydrogens (tertiary/aromatic N) is 2. The van der Waals surface area contributed by atoms with E-state index in [9.17, 15) is 0 Å². The smallest absolute Gasteiger partial charge is 0.211 e. The van der Waals surface area contributed by atoms with E-state index >= 15 is 0 Å². The van der Waals surface area contributed by atoms with Crippen molar-refractivity contribution in [2.75, 3.05) is 32.1 Å². The molecule has 1 aromatic heterocycles. The number of anilines is 1. The van der Waals surface area contributed by atoms with E-state index < -0.39 is 0 Å². The van der Waals surface area contributed by atoms with Gasteiger partial charge in [-0.2, -0.15) is 0 Å². The van der Waals surface area contributed by atoms with E-state index in [1.165, 1.54) is 25.9 Å². The Morgan fingerprint density at radius 3 is 2.81 bits per heavy atom. The van der Waals surface area contributed by atoms with Crippen molar-refractivity contribution in [2.45, 2.75) is 25.8 Å². The SMILES string of the molecule is COc1c(C)ccc2c(NC3CN4CCC3CC4)noc12. The Labute approximate surface area is 124 Å². The number of aryl methyl sites for hydroxylation is 1. The van der Waals surface area contributed by atoms with Gasteiger partial charge < -0.3 is 19.5 Å². The number of methoxy groups -OCH3 is 1. The van der Waals surface area contributed by atoms with Gasteiger partial charge in [-0.15, -0.1) is 0 Å². The van der Waals surface area contributed by atoms with E-state index in [1.807, 2.05) is 6.92 Å². The van der Waals surface area contributed by atoms with E-state index in [-0.39, 0.29) is 0 Å². The van der Waals surface area contributed by atoms with Gasteiger partial charge in [0.2, 0.25) is 5.58 Å². The Morgan fingerprint density at radius 1 is 1.33 bits per heavy atom. The quantitative estimate of drug-likeness (QED) is 0.940. The van der Waals surface area contributed by atoms with Crippen LogP contribution in [0.5, 0.6) is 5.75 Å². The average molecular weight is 287 g/mol. The maximum atomic E-state index is 5.52. The van der Waals surface area contributed by atoms with Crippen LogP contribution in [0.3, 0.4) is 0 Å². The summed E-state index contributed by atoms with van der Waals surface area (Å²) >= 11 is 0. The zero-order chi connectivity index (χ0) is 14.4. The van der Waals surface area contributed by atoms with Gasteiger partial charge in [-0.1, -0.05) is 11.2 Å². The molecular weight excluding hydrogens is 266 g/mol. The van der Waals surface area contributed by atoms with E-state index in [0.717, 1.165) is 40.6 Å². The van der Waals surface area contributed by atoms with Crippen LogP contribution in [0, 0.1) is 12.8 Å². The lowest BCUT2D eigenvalue weighted by Crippen LogP contribution is -2.53. The fourth-order valence-electron chi connectivity index (χ4n) is 3.74. The Balaban J connectivity index is 1.65. The summed E-state index contributed by atoms with van der Waals surface area (Å²) in [5.74, 6) is 2.39. The number of piperidine rings is 3. The Kier molecular flexibility index (Phi) is 3.03. The first kappa shape index (κ1) is 13.0. The minimum Gasteiger partial charge on any atom is -0.492 e. The van der Waals surface area contributed by atoms with Gasteiger partial charge in [0.25, 0.3) is 0 Å². The Hall–Kier alpha value is -1.75. The second-order valence-corrected chi connectivity index (χ2v) is 6.21. The molecule has 4 heterocycles. The number of nitrogens with one attached hydrogen (secondary N) is 1. The summed E-state index contributed by atoms with van der Waals surface area (Å²) in [5.41, 5.74) is 1.80. The number of fused-ring (bicyclic) bond motifs is 4. The molecule has 1 N–H and O–H groups in total. The highest BCUT2D eigenvalue weighted by Gasteiger charge is 2.34. The zero-order valence-corrected chi connectivity index (χ0v) is 12.6. The van der Waals surface area contributed by atoms with Crippen molar-refractivity contribution in [3.63, 3.8) is 0 Å². The number of ether oxygens (including phenoxy) is 1. The lowest BCUT2D eigenvalue weighted by atomic mass is 9.84. The molecule has 3 aliphatic heterocycles. The Bertz CT molecular complexity index is 659. The number of hydrogen-bond acceptors (Lipinski definition) is 5. The third-order valence-electron chi connectivity index (χ3n) is 4.97. The average Bonchev–Trinajstić information content (AvgIpc) is 2.91. The molecule has 3 saturated heterocycles. The van der Waals surface area contributed by atoms with E-state index in [2.05, 4.69) is 27.5 Å². The van der Waals surface area contributed by atoms with E-state index in [0.29, 0.717) is 6.04 Å². The molecule has 3 aliphatic rings. The first-order chi connectivity index (χ1) is 10.3. The summed E-state index contributed by atoms with van der Waals surface area (Å²) in [6.07, 6.45) is 2.58. The molecule has 2 bridgehead atoms. The highest BCUT2D eigenvalue weighted by molar-refractivity contribution is 5.93. The molecule has 1 atom stereocenters. The van der Waals surface area contributed by atoms with Crippen molar-refractivity contribution in [3.8, 4) is 5.75 Å². The first-order valence-electron chi connectivity index (χ1n) is 7.68. The summed E-state index contributed by atoms with van der Waals surface area (Å²) in [6, 6.07) is 4.60. The number of aromatic nitrogens is 1. The molecule has 5 rings (SSSR count). The summed E-state index contributed by atoms with van der Waals surface area (Å²) < 4.78 is 11.0. The molecule has 0 amide bonds. The molecule has 1 aromatic carbocycles. The van der Waals surface area contributed by atoms with Gasteiger partial charge in [0.05, 0.1) is 12.5 Å². The van der Waals surface area contributed by atoms with Crippen LogP contribution in [0.15, 0.2) is 16.7 Å². The number of rotatable bonds is 3. The molecule has 5 heteroatoms. The van der Waals surface area contributed by atoms with Gasteiger partial charge in [0.15, 0.2) is 11.6 Å². The molecule has 1 unspecified atom stereocenters. The predicted molar refractivity (Wildman–Crippen MR) is 81.9 cm³/mol. The molecule has 3 fully saturated rings. The summed E-state index contributed by atoms with van der Waals surface area (Å²) in [4.78, 5) is 2.53. The minimum atomic E-state index is 0.480. The lowest BCUT2D eigenvalue weighted by Gasteiger charge is -2.44. The van der Waals surface area contributed by atoms with Crippen molar-refractivity contribution in [1.82, 2.24) is 10.1 Å². The van der Waals surface area contributed by atoms with Gasteiger partial charge in [-0.05, 0) is 50.4 Å². The van der Waals surface area contributed by atoms with Gasteiger partial charge in [-0.3, -0.25) is 0 Å². The van der Waals surface area contributed by atoms with Crippen molar-refractivity contribution >= 4 is 16.8 Å². The van der Waals surface area contributed by atoms with Gasteiger partial charge in [0, 0.05) is 12.6 Å². The van der Waals surface area contributed by atoms with Gasteiger partial charge >= 0.3 is 0 Å². The molecule has 0 saturated carbocycles. The fraction of sp³-hybridized carbons (Fsp3) is 0.562. The standard InChI is InChI=1S/C16H21N3O2/c1-10-3-4-12-15(14(10)20-2)21-18-16(12)17-13-9-19-7-5-11(13)6-8-19/h3-4,11,13H,5-9H2,1-2H3,(H,17,18). The largest absolute Gasteiger partial charge is 0.492 e. The van der Waals surface area contributed by atoms with E-state index in [4.69, 9.17) is 9.26 Å². The Morgan fingerprint density at radius 2 is 2.14 bits per heavy atom. The van der Waals surface area contributed by atoms with Crippen molar-refractivity contribution < 1.29 is 9.26 Å². The molecule has 5 nitrogen and oxygen atoms in total. The molecule has 0 radical (unpaired) electrons. The summed E-state index contributed by atoms with van der Waals surface area (Å²) in [5, 5.41) is 8.85. The van der Waals surface area contributed by atoms with E-state index in [1.54, 1.807) is 7.11 Å². The molecular formula is C16H21N3O2. The van der Waals surface area contributed by atoms with Crippen LogP contribution >= 0.6 is 0 Å². The second kappa shape index (κ2) is 4.91. The van der Waals surface area contributed by atoms with Crippen molar-refractivity contribution in [3.05, 3.63) is 17.7 Å². The topological polar surface area (TPSA) is 50.5 Å². The lowest BCUT2D eigenvalue weighted by molar-refractivity contribution is 0.0973. The van der Waals surface area contributed by atoms with Crippen LogP contribution in [-0.2, 0) is 0 Å². The zero-order valence-electron chi connectivity index (χ0n) is 12.6. The van der Waals surface area contributed by atoms with Crippen LogP contribution in [-0.4, -0.2) is 42.8 Å². The second-order valence-electron chi connectivity index (χ2n) is 6.21. The van der Waals surface area contributed by atoms with Gasteiger partial charge in [-0.25, -0.2) is 0 Å². The first-order valence-corrected chi connectivity index (χ1v) is 7.68. The molecule has 2 aromatic rings. The molecule has 0 aliphatic carbocycles. The van der Waals surface area contributed by atoms with Crippen LogP contribution < -0.4 is 10.1 Å². The normalized spacial score (nSPS) is 28.0. The maximum Gasteiger partial charge on any atom is 0.211 e. The third kappa shape index (κ3) is 2.07. The van der Waals surface area contributed by atoms with Crippen LogP contribution in [0.25, 0.3) is 11.0 Å². The highest BCUT2D eigenvalue weighted by Crippen LogP contribution is 2.35. The number of hydrogen-bond donors (Lipinski definition) is 1. The monoisotopic (exact) mass is 287 g/mol. The van der Waals surface area contributed by atoms with Crippen LogP contribution in [0.2, 0.25) is 0 Å². The van der Waals surface area contributed by atoms with Crippen LogP contribution in [0.4, 0.5) is 5.82 Å². The summed E-state index contributed by atoms with van der Waals surface area (Å²) in [7, 11) is 1.67. The summed E-state index contributed by atoms with van der Waals surface area (Å²) in [6.45, 7) is 5.62. The molecule has 21 heavy (non-hydrogen) atoms. The van der Waals surface area contributed by atoms with Crippen molar-refractivity contribution in [1.29, 1.82) is 0 Å². The fourth-order valence-corrected chi connectivity index (χ4v) is 3.74. The predicted octanol–water partition coefficient (Wildman–Crippen LogP) is 2.65. The highest BCUT2D eigenvalue weighted by atomic mass is 16.5. The minimum absolute atomic E-state index is 0.480. The molecule has 0 spiro atoms. The van der Waals surface area contributed by atoms with Gasteiger partial charge in [0.1, 0.15) is 0 Å². The van der Waals surface area contributed by atoms with Crippen LogP contribution in [0.1, 0.15) is 18.4 Å².